The van der Waals surface area contributed by atoms with Crippen molar-refractivity contribution < 1.29 is 19.0 Å². The SMILES string of the molecule is COC(=O)C(C)(C)COc1cc(OC)ccc1C(C)N. The molecule has 0 aliphatic carbocycles. The zero-order valence-corrected chi connectivity index (χ0v) is 12.7. The number of methoxy groups -OCH3 is 2. The van der Waals surface area contributed by atoms with Crippen molar-refractivity contribution in [3.63, 3.8) is 0 Å². The van der Waals surface area contributed by atoms with Crippen LogP contribution in [-0.4, -0.2) is 26.8 Å². The van der Waals surface area contributed by atoms with Crippen LogP contribution in [0.2, 0.25) is 0 Å². The fourth-order valence-corrected chi connectivity index (χ4v) is 1.74. The fourth-order valence-electron chi connectivity index (χ4n) is 1.74. The highest BCUT2D eigenvalue weighted by atomic mass is 16.5. The Bertz CT molecular complexity index is 469. The van der Waals surface area contributed by atoms with Gasteiger partial charge >= 0.3 is 5.97 Å². The lowest BCUT2D eigenvalue weighted by atomic mass is 9.95. The maximum absolute atomic E-state index is 11.6. The van der Waals surface area contributed by atoms with E-state index in [-0.39, 0.29) is 18.6 Å². The van der Waals surface area contributed by atoms with Crippen LogP contribution < -0.4 is 15.2 Å². The van der Waals surface area contributed by atoms with Gasteiger partial charge in [-0.1, -0.05) is 6.07 Å². The standard InChI is InChI=1S/C15H23NO4/c1-10(16)12-7-6-11(18-4)8-13(12)20-9-15(2,3)14(17)19-5/h6-8,10H,9,16H2,1-5H3. The number of benzene rings is 1. The molecular formula is C15H23NO4. The summed E-state index contributed by atoms with van der Waals surface area (Å²) in [6.45, 7) is 5.61. The van der Waals surface area contributed by atoms with Crippen LogP contribution in [0.1, 0.15) is 32.4 Å². The lowest BCUT2D eigenvalue weighted by Crippen LogP contribution is -2.32. The van der Waals surface area contributed by atoms with Crippen LogP contribution in [-0.2, 0) is 9.53 Å². The van der Waals surface area contributed by atoms with E-state index in [0.717, 1.165) is 5.56 Å². The fraction of sp³-hybridized carbons (Fsp3) is 0.533. The van der Waals surface area contributed by atoms with E-state index in [2.05, 4.69) is 0 Å². The van der Waals surface area contributed by atoms with Gasteiger partial charge < -0.3 is 19.9 Å². The first-order chi connectivity index (χ1) is 9.31. The zero-order valence-electron chi connectivity index (χ0n) is 12.7. The summed E-state index contributed by atoms with van der Waals surface area (Å²) in [6.07, 6.45) is 0. The minimum Gasteiger partial charge on any atom is -0.497 e. The second-order valence-electron chi connectivity index (χ2n) is 5.36. The van der Waals surface area contributed by atoms with Gasteiger partial charge in [-0.3, -0.25) is 4.79 Å². The molecule has 0 aliphatic rings. The second-order valence-corrected chi connectivity index (χ2v) is 5.36. The smallest absolute Gasteiger partial charge is 0.314 e. The summed E-state index contributed by atoms with van der Waals surface area (Å²) in [6, 6.07) is 5.30. The maximum Gasteiger partial charge on any atom is 0.314 e. The summed E-state index contributed by atoms with van der Waals surface area (Å²) in [5, 5.41) is 0. The van der Waals surface area contributed by atoms with Crippen LogP contribution in [0.5, 0.6) is 11.5 Å². The Labute approximate surface area is 120 Å². The number of rotatable bonds is 6. The molecule has 0 radical (unpaired) electrons. The van der Waals surface area contributed by atoms with Gasteiger partial charge in [-0.2, -0.15) is 0 Å². The molecule has 0 aromatic heterocycles. The Kier molecular flexibility index (Phi) is 5.39. The molecule has 1 atom stereocenters. The topological polar surface area (TPSA) is 70.8 Å². The van der Waals surface area contributed by atoms with E-state index in [0.29, 0.717) is 11.5 Å². The van der Waals surface area contributed by atoms with Gasteiger partial charge in [0.2, 0.25) is 0 Å². The third kappa shape index (κ3) is 3.87. The van der Waals surface area contributed by atoms with Gasteiger partial charge in [-0.05, 0) is 26.8 Å². The van der Waals surface area contributed by atoms with Crippen molar-refractivity contribution in [2.75, 3.05) is 20.8 Å². The van der Waals surface area contributed by atoms with Crippen molar-refractivity contribution in [2.45, 2.75) is 26.8 Å². The number of ether oxygens (including phenoxy) is 3. The highest BCUT2D eigenvalue weighted by Crippen LogP contribution is 2.30. The number of hydrogen-bond acceptors (Lipinski definition) is 5. The van der Waals surface area contributed by atoms with Gasteiger partial charge in [0.05, 0.1) is 19.6 Å². The van der Waals surface area contributed by atoms with Gasteiger partial charge in [-0.15, -0.1) is 0 Å². The predicted molar refractivity (Wildman–Crippen MR) is 76.9 cm³/mol. The van der Waals surface area contributed by atoms with E-state index in [1.54, 1.807) is 27.0 Å². The number of hydrogen-bond donors (Lipinski definition) is 1. The molecule has 2 N–H and O–H groups in total. The Morgan fingerprint density at radius 1 is 1.35 bits per heavy atom. The number of carbonyl (C=O) groups is 1. The monoisotopic (exact) mass is 281 g/mol. The average molecular weight is 281 g/mol. The highest BCUT2D eigenvalue weighted by Gasteiger charge is 2.30. The van der Waals surface area contributed by atoms with Crippen molar-refractivity contribution in [1.82, 2.24) is 0 Å². The van der Waals surface area contributed by atoms with Crippen LogP contribution in [0.3, 0.4) is 0 Å². The van der Waals surface area contributed by atoms with E-state index in [1.165, 1.54) is 7.11 Å². The van der Waals surface area contributed by atoms with Crippen LogP contribution in [0.25, 0.3) is 0 Å². The third-order valence-electron chi connectivity index (χ3n) is 3.04. The molecule has 0 amide bonds. The lowest BCUT2D eigenvalue weighted by Gasteiger charge is -2.23. The van der Waals surface area contributed by atoms with Gasteiger partial charge in [0.25, 0.3) is 0 Å². The molecule has 1 unspecified atom stereocenters. The second kappa shape index (κ2) is 6.61. The average Bonchev–Trinajstić information content (AvgIpc) is 2.43. The van der Waals surface area contributed by atoms with Crippen LogP contribution in [0, 0.1) is 5.41 Å². The minimum atomic E-state index is -0.729. The van der Waals surface area contributed by atoms with E-state index in [1.807, 2.05) is 19.1 Å². The predicted octanol–water partition coefficient (Wildman–Crippen LogP) is 2.29. The molecular weight excluding hydrogens is 258 g/mol. The molecule has 0 aliphatic heterocycles. The molecule has 0 fully saturated rings. The molecule has 0 saturated carbocycles. The summed E-state index contributed by atoms with van der Waals surface area (Å²) in [4.78, 5) is 11.6. The molecule has 1 aromatic rings. The Morgan fingerprint density at radius 2 is 2.00 bits per heavy atom. The van der Waals surface area contributed by atoms with Gasteiger partial charge in [-0.25, -0.2) is 0 Å². The molecule has 5 nitrogen and oxygen atoms in total. The zero-order chi connectivity index (χ0) is 15.3. The Hall–Kier alpha value is -1.75. The van der Waals surface area contributed by atoms with Gasteiger partial charge in [0.1, 0.15) is 18.1 Å². The van der Waals surface area contributed by atoms with Crippen molar-refractivity contribution >= 4 is 5.97 Å². The van der Waals surface area contributed by atoms with Gasteiger partial charge in [0, 0.05) is 17.7 Å². The normalized spacial score (nSPS) is 12.7. The first-order valence-corrected chi connectivity index (χ1v) is 6.46. The molecule has 112 valence electrons. The molecule has 1 aromatic carbocycles. The van der Waals surface area contributed by atoms with Crippen molar-refractivity contribution in [3.05, 3.63) is 23.8 Å². The van der Waals surface area contributed by atoms with Crippen LogP contribution in [0.15, 0.2) is 18.2 Å². The molecule has 1 rings (SSSR count). The summed E-state index contributed by atoms with van der Waals surface area (Å²) < 4.78 is 15.7. The summed E-state index contributed by atoms with van der Waals surface area (Å²) in [7, 11) is 2.95. The van der Waals surface area contributed by atoms with Gasteiger partial charge in [0.15, 0.2) is 0 Å². The van der Waals surface area contributed by atoms with Crippen molar-refractivity contribution in [3.8, 4) is 11.5 Å². The molecule has 5 heteroatoms. The molecule has 0 saturated heterocycles. The summed E-state index contributed by atoms with van der Waals surface area (Å²) >= 11 is 0. The summed E-state index contributed by atoms with van der Waals surface area (Å²) in [5.41, 5.74) is 6.06. The highest BCUT2D eigenvalue weighted by molar-refractivity contribution is 5.75. The largest absolute Gasteiger partial charge is 0.497 e. The number of esters is 1. The van der Waals surface area contributed by atoms with E-state index >= 15 is 0 Å². The van der Waals surface area contributed by atoms with Crippen LogP contribution in [0.4, 0.5) is 0 Å². The lowest BCUT2D eigenvalue weighted by molar-refractivity contribution is -0.152. The van der Waals surface area contributed by atoms with E-state index in [9.17, 15) is 4.79 Å². The van der Waals surface area contributed by atoms with E-state index < -0.39 is 5.41 Å². The molecule has 20 heavy (non-hydrogen) atoms. The van der Waals surface area contributed by atoms with Crippen molar-refractivity contribution in [1.29, 1.82) is 0 Å². The van der Waals surface area contributed by atoms with Crippen LogP contribution >= 0.6 is 0 Å². The maximum atomic E-state index is 11.6. The van der Waals surface area contributed by atoms with Crippen molar-refractivity contribution in [2.24, 2.45) is 11.1 Å². The quantitative estimate of drug-likeness (QED) is 0.810. The summed E-state index contributed by atoms with van der Waals surface area (Å²) in [5.74, 6) is 0.986. The minimum absolute atomic E-state index is 0.169. The molecule has 0 bridgehead atoms. The third-order valence-corrected chi connectivity index (χ3v) is 3.04. The first-order valence-electron chi connectivity index (χ1n) is 6.46. The van der Waals surface area contributed by atoms with E-state index in [4.69, 9.17) is 19.9 Å². The first kappa shape index (κ1) is 16.3. The Balaban J connectivity index is 2.93. The Morgan fingerprint density at radius 3 is 2.50 bits per heavy atom. The number of carbonyl (C=O) groups excluding carboxylic acids is 1. The molecule has 0 heterocycles. The molecule has 0 spiro atoms. The number of nitrogens with two attached hydrogens (primary N) is 1.